The molecule has 3 fully saturated rings. The minimum atomic E-state index is 1.25. The normalized spacial score (nSPS) is 29.7. The SMILES string of the molecule is c1ccc2c(CC[N+]34CCCN(CC3)CC4)csc2c1. The first-order valence-corrected chi connectivity index (χ1v) is 8.75. The monoisotopic (exact) mass is 287 g/mol. The maximum absolute atomic E-state index is 2.66. The zero-order valence-corrected chi connectivity index (χ0v) is 12.9. The van der Waals surface area contributed by atoms with Crippen molar-refractivity contribution < 1.29 is 4.48 Å². The summed E-state index contributed by atoms with van der Waals surface area (Å²) in [4.78, 5) is 2.66. The molecule has 5 rings (SSSR count). The third kappa shape index (κ3) is 2.28. The molecule has 1 aromatic carbocycles. The molecule has 0 saturated carbocycles. The second-order valence-corrected chi connectivity index (χ2v) is 7.35. The lowest BCUT2D eigenvalue weighted by atomic mass is 10.1. The van der Waals surface area contributed by atoms with Gasteiger partial charge in [-0.1, -0.05) is 18.2 Å². The van der Waals surface area contributed by atoms with Crippen LogP contribution in [0.1, 0.15) is 12.0 Å². The van der Waals surface area contributed by atoms with E-state index in [0.29, 0.717) is 0 Å². The summed E-state index contributed by atoms with van der Waals surface area (Å²) in [5.41, 5.74) is 1.57. The minimum absolute atomic E-state index is 1.25. The van der Waals surface area contributed by atoms with E-state index in [2.05, 4.69) is 34.5 Å². The van der Waals surface area contributed by atoms with Crippen molar-refractivity contribution in [2.24, 2.45) is 0 Å². The van der Waals surface area contributed by atoms with Gasteiger partial charge in [0.1, 0.15) is 0 Å². The molecule has 0 spiro atoms. The summed E-state index contributed by atoms with van der Waals surface area (Å²) in [6.45, 7) is 9.48. The van der Waals surface area contributed by atoms with Crippen LogP contribution in [0.25, 0.3) is 10.1 Å². The van der Waals surface area contributed by atoms with E-state index in [1.54, 1.807) is 5.56 Å². The van der Waals surface area contributed by atoms with Crippen LogP contribution in [0, 0.1) is 0 Å². The van der Waals surface area contributed by atoms with E-state index >= 15 is 0 Å². The Balaban J connectivity index is 1.52. The van der Waals surface area contributed by atoms with E-state index < -0.39 is 0 Å². The average molecular weight is 287 g/mol. The first kappa shape index (κ1) is 12.8. The van der Waals surface area contributed by atoms with Crippen molar-refractivity contribution in [1.29, 1.82) is 0 Å². The number of benzene rings is 1. The molecule has 0 N–H and O–H groups in total. The predicted octanol–water partition coefficient (Wildman–Crippen LogP) is 2.98. The van der Waals surface area contributed by atoms with Crippen molar-refractivity contribution in [1.82, 2.24) is 4.90 Å². The van der Waals surface area contributed by atoms with Gasteiger partial charge in [0.25, 0.3) is 0 Å². The van der Waals surface area contributed by atoms with Crippen molar-refractivity contribution in [2.45, 2.75) is 12.8 Å². The summed E-state index contributed by atoms with van der Waals surface area (Å²) in [6, 6.07) is 8.87. The number of hydrogen-bond donors (Lipinski definition) is 0. The summed E-state index contributed by atoms with van der Waals surface area (Å²) in [7, 11) is 0. The molecule has 4 heterocycles. The third-order valence-electron chi connectivity index (χ3n) is 5.30. The van der Waals surface area contributed by atoms with Gasteiger partial charge < -0.3 is 4.48 Å². The van der Waals surface area contributed by atoms with Crippen LogP contribution in [0.5, 0.6) is 0 Å². The number of hydrogen-bond acceptors (Lipinski definition) is 2. The third-order valence-corrected chi connectivity index (χ3v) is 6.32. The Hall–Kier alpha value is -0.900. The molecular formula is C17H23N2S+. The van der Waals surface area contributed by atoms with E-state index in [-0.39, 0.29) is 0 Å². The Morgan fingerprint density at radius 1 is 1.05 bits per heavy atom. The van der Waals surface area contributed by atoms with Crippen LogP contribution in [0.4, 0.5) is 0 Å². The lowest BCUT2D eigenvalue weighted by Crippen LogP contribution is -2.57. The van der Waals surface area contributed by atoms with Crippen molar-refractivity contribution in [3.8, 4) is 0 Å². The summed E-state index contributed by atoms with van der Waals surface area (Å²) in [6.07, 6.45) is 2.65. The van der Waals surface area contributed by atoms with Gasteiger partial charge in [0.05, 0.1) is 26.2 Å². The number of piperazine rings is 1. The Labute approximate surface area is 125 Å². The zero-order valence-electron chi connectivity index (χ0n) is 12.1. The summed E-state index contributed by atoms with van der Waals surface area (Å²) < 4.78 is 2.82. The molecule has 20 heavy (non-hydrogen) atoms. The molecule has 3 heteroatoms. The van der Waals surface area contributed by atoms with Crippen LogP contribution < -0.4 is 0 Å². The zero-order chi connectivity index (χ0) is 13.4. The number of nitrogens with zero attached hydrogens (tertiary/aromatic N) is 2. The largest absolute Gasteiger partial charge is 0.321 e. The van der Waals surface area contributed by atoms with E-state index in [0.717, 1.165) is 0 Å². The fraction of sp³-hybridized carbons (Fsp3) is 0.529. The minimum Gasteiger partial charge on any atom is -0.321 e. The first-order valence-electron chi connectivity index (χ1n) is 7.87. The fourth-order valence-electron chi connectivity index (χ4n) is 3.93. The van der Waals surface area contributed by atoms with Crippen LogP contribution >= 0.6 is 11.3 Å². The molecule has 1 aromatic heterocycles. The highest BCUT2D eigenvalue weighted by Gasteiger charge is 2.35. The molecule has 0 unspecified atom stereocenters. The van der Waals surface area contributed by atoms with Gasteiger partial charge >= 0.3 is 0 Å². The molecule has 3 aliphatic heterocycles. The highest BCUT2D eigenvalue weighted by atomic mass is 32.1. The topological polar surface area (TPSA) is 3.24 Å². The summed E-state index contributed by atoms with van der Waals surface area (Å²) in [5, 5.41) is 3.88. The quantitative estimate of drug-likeness (QED) is 0.785. The smallest absolute Gasteiger partial charge is 0.0916 e. The van der Waals surface area contributed by atoms with Gasteiger partial charge in [0.15, 0.2) is 0 Å². The van der Waals surface area contributed by atoms with Gasteiger partial charge in [-0.2, -0.15) is 0 Å². The predicted molar refractivity (Wildman–Crippen MR) is 86.3 cm³/mol. The van der Waals surface area contributed by atoms with Crippen LogP contribution in [-0.2, 0) is 6.42 Å². The lowest BCUT2D eigenvalue weighted by Gasteiger charge is -2.41. The van der Waals surface area contributed by atoms with E-state index in [1.165, 1.54) is 73.2 Å². The number of quaternary nitrogens is 1. The van der Waals surface area contributed by atoms with Crippen LogP contribution in [-0.4, -0.2) is 55.2 Å². The maximum Gasteiger partial charge on any atom is 0.0916 e. The Kier molecular flexibility index (Phi) is 3.29. The van der Waals surface area contributed by atoms with Gasteiger partial charge in [-0.25, -0.2) is 0 Å². The van der Waals surface area contributed by atoms with E-state index in [1.807, 2.05) is 11.3 Å². The fourth-order valence-corrected chi connectivity index (χ4v) is 4.92. The molecule has 2 bridgehead atoms. The van der Waals surface area contributed by atoms with Crippen LogP contribution in [0.3, 0.4) is 0 Å². The van der Waals surface area contributed by atoms with Crippen molar-refractivity contribution in [2.75, 3.05) is 45.8 Å². The first-order chi connectivity index (χ1) is 9.85. The molecule has 3 aliphatic rings. The maximum atomic E-state index is 2.66. The molecule has 0 amide bonds. The van der Waals surface area contributed by atoms with E-state index in [4.69, 9.17) is 0 Å². The van der Waals surface area contributed by atoms with Crippen molar-refractivity contribution in [3.63, 3.8) is 0 Å². The average Bonchev–Trinajstić information content (AvgIpc) is 2.67. The molecule has 3 saturated heterocycles. The number of fused-ring (bicyclic) bond motifs is 5. The highest BCUT2D eigenvalue weighted by molar-refractivity contribution is 7.17. The molecule has 0 atom stereocenters. The van der Waals surface area contributed by atoms with Crippen LogP contribution in [0.15, 0.2) is 29.6 Å². The standard InChI is InChI=1S/C17H23N2S/c1-2-5-17-16(4-1)15(14-20-17)6-11-19-10-3-7-18(8-12-19)9-13-19/h1-2,4-5,14H,3,6-13H2/q+1. The molecule has 106 valence electrons. The molecular weight excluding hydrogens is 264 g/mol. The van der Waals surface area contributed by atoms with Gasteiger partial charge in [-0.05, 0) is 22.4 Å². The molecule has 0 aliphatic carbocycles. The van der Waals surface area contributed by atoms with Crippen molar-refractivity contribution in [3.05, 3.63) is 35.2 Å². The highest BCUT2D eigenvalue weighted by Crippen LogP contribution is 2.27. The van der Waals surface area contributed by atoms with Gasteiger partial charge in [0, 0.05) is 37.2 Å². The van der Waals surface area contributed by atoms with Gasteiger partial charge in [-0.3, -0.25) is 4.90 Å². The molecule has 0 radical (unpaired) electrons. The lowest BCUT2D eigenvalue weighted by molar-refractivity contribution is -0.929. The number of thiophene rings is 1. The second-order valence-electron chi connectivity index (χ2n) is 6.44. The Morgan fingerprint density at radius 3 is 2.80 bits per heavy atom. The Bertz CT molecular complexity index is 590. The van der Waals surface area contributed by atoms with Gasteiger partial charge in [0.2, 0.25) is 0 Å². The molecule has 2 aromatic rings. The number of rotatable bonds is 3. The van der Waals surface area contributed by atoms with Crippen molar-refractivity contribution >= 4 is 21.4 Å². The molecule has 2 nitrogen and oxygen atoms in total. The van der Waals surface area contributed by atoms with E-state index in [9.17, 15) is 0 Å². The Morgan fingerprint density at radius 2 is 1.90 bits per heavy atom. The second kappa shape index (κ2) is 5.14. The summed E-state index contributed by atoms with van der Waals surface area (Å²) >= 11 is 1.91. The van der Waals surface area contributed by atoms with Gasteiger partial charge in [-0.15, -0.1) is 11.3 Å². The van der Waals surface area contributed by atoms with Crippen LogP contribution in [0.2, 0.25) is 0 Å². The summed E-state index contributed by atoms with van der Waals surface area (Å²) in [5.74, 6) is 0.